The smallest absolute Gasteiger partial charge is 0.195 e. The van der Waals surface area contributed by atoms with Gasteiger partial charge in [0, 0.05) is 41.2 Å². The molecule has 3 aromatic rings. The predicted octanol–water partition coefficient (Wildman–Crippen LogP) is 5.41. The molecule has 0 atom stereocenters. The fourth-order valence-electron chi connectivity index (χ4n) is 4.32. The first-order valence-electron chi connectivity index (χ1n) is 9.66. The van der Waals surface area contributed by atoms with Gasteiger partial charge >= 0.3 is 0 Å². The molecule has 0 bridgehead atoms. The number of carbonyl (C=O) groups is 1. The summed E-state index contributed by atoms with van der Waals surface area (Å²) < 4.78 is 2.16. The molecule has 1 aliphatic carbocycles. The van der Waals surface area contributed by atoms with E-state index in [2.05, 4.69) is 42.5 Å². The summed E-state index contributed by atoms with van der Waals surface area (Å²) in [5, 5.41) is 1.02. The number of terminal acetylenes is 1. The minimum atomic E-state index is 0.106. The van der Waals surface area contributed by atoms with Crippen molar-refractivity contribution in [3.8, 4) is 12.3 Å². The minimum absolute atomic E-state index is 0.106. The average Bonchev–Trinajstić information content (AvgIpc) is 3.17. The summed E-state index contributed by atoms with van der Waals surface area (Å²) >= 11 is 0. The first-order valence-corrected chi connectivity index (χ1v) is 9.66. The van der Waals surface area contributed by atoms with Crippen LogP contribution in [0.1, 0.15) is 53.7 Å². The number of carbonyl (C=O) groups excluding carboxylic acids is 1. The number of fused-ring (bicyclic) bond motifs is 2. The van der Waals surface area contributed by atoms with Crippen LogP contribution in [0.5, 0.6) is 0 Å². The molecule has 0 aliphatic heterocycles. The molecule has 0 amide bonds. The highest BCUT2D eigenvalue weighted by Crippen LogP contribution is 2.37. The number of unbranched alkanes of at least 4 members (excludes halogenated alkanes) is 1. The highest BCUT2D eigenvalue weighted by Gasteiger charge is 2.29. The summed E-state index contributed by atoms with van der Waals surface area (Å²) in [4.78, 5) is 13.3. The van der Waals surface area contributed by atoms with Gasteiger partial charge < -0.3 is 4.57 Å². The third-order valence-corrected chi connectivity index (χ3v) is 5.56. The summed E-state index contributed by atoms with van der Waals surface area (Å²) in [6.07, 6.45) is 11.2. The summed E-state index contributed by atoms with van der Waals surface area (Å²) in [6.45, 7) is 5.41. The van der Waals surface area contributed by atoms with Gasteiger partial charge in [0.05, 0.1) is 0 Å². The molecule has 0 saturated carbocycles. The van der Waals surface area contributed by atoms with Gasteiger partial charge in [0.2, 0.25) is 0 Å². The number of rotatable bonds is 5. The lowest BCUT2D eigenvalue weighted by Crippen LogP contribution is -2.09. The molecule has 0 N–H and O–H groups in total. The minimum Gasteiger partial charge on any atom is -0.347 e. The number of hydrogen-bond acceptors (Lipinski definition) is 1. The Kier molecular flexibility index (Phi) is 4.40. The summed E-state index contributed by atoms with van der Waals surface area (Å²) in [6, 6.07) is 14.4. The van der Waals surface area contributed by atoms with Crippen molar-refractivity contribution in [1.29, 1.82) is 0 Å². The predicted molar refractivity (Wildman–Crippen MR) is 111 cm³/mol. The van der Waals surface area contributed by atoms with Crippen molar-refractivity contribution < 1.29 is 4.79 Å². The lowest BCUT2D eigenvalue weighted by molar-refractivity contribution is 0.104. The molecule has 1 aromatic heterocycles. The van der Waals surface area contributed by atoms with E-state index in [0.29, 0.717) is 0 Å². The van der Waals surface area contributed by atoms with Gasteiger partial charge in [-0.1, -0.05) is 44.2 Å². The fourth-order valence-corrected chi connectivity index (χ4v) is 4.32. The van der Waals surface area contributed by atoms with Gasteiger partial charge in [-0.2, -0.15) is 0 Å². The second kappa shape index (κ2) is 6.74. The van der Waals surface area contributed by atoms with Crippen LogP contribution < -0.4 is 0 Å². The molecule has 1 aliphatic rings. The molecule has 0 spiro atoms. The molecule has 2 aromatic carbocycles. The zero-order valence-corrected chi connectivity index (χ0v) is 16.1. The Morgan fingerprint density at radius 1 is 1.15 bits per heavy atom. The van der Waals surface area contributed by atoms with E-state index in [4.69, 9.17) is 6.42 Å². The van der Waals surface area contributed by atoms with Gasteiger partial charge in [0.25, 0.3) is 0 Å². The van der Waals surface area contributed by atoms with Crippen LogP contribution in [0.2, 0.25) is 0 Å². The van der Waals surface area contributed by atoms with E-state index in [0.717, 1.165) is 54.3 Å². The third kappa shape index (κ3) is 3.30. The van der Waals surface area contributed by atoms with Crippen LogP contribution in [-0.4, -0.2) is 10.4 Å². The second-order valence-corrected chi connectivity index (χ2v) is 8.39. The van der Waals surface area contributed by atoms with Crippen LogP contribution >= 0.6 is 0 Å². The molecule has 4 rings (SSSR count). The molecule has 1 heterocycles. The Labute approximate surface area is 161 Å². The van der Waals surface area contributed by atoms with E-state index in [1.54, 1.807) is 0 Å². The van der Waals surface area contributed by atoms with E-state index in [1.807, 2.05) is 30.5 Å². The van der Waals surface area contributed by atoms with Crippen LogP contribution in [0.4, 0.5) is 0 Å². The van der Waals surface area contributed by atoms with Gasteiger partial charge in [-0.05, 0) is 47.9 Å². The van der Waals surface area contributed by atoms with Crippen molar-refractivity contribution in [3.05, 3.63) is 70.9 Å². The van der Waals surface area contributed by atoms with Crippen molar-refractivity contribution in [2.24, 2.45) is 5.41 Å². The first kappa shape index (κ1) is 17.6. The molecular formula is C25H25NO. The maximum Gasteiger partial charge on any atom is 0.195 e. The molecule has 2 nitrogen and oxygen atoms in total. The largest absolute Gasteiger partial charge is 0.347 e. The standard InChI is InChI=1S/C25H25NO/c1-4-5-8-13-26-17-22(21-9-6-7-10-23(21)26)24(27)18-11-12-19-15-25(2,3)16-20(19)14-18/h1,6-7,9-12,14,17H,5,8,13,15-16H2,2-3H3. The fraction of sp³-hybridized carbons (Fsp3) is 0.320. The Morgan fingerprint density at radius 2 is 1.93 bits per heavy atom. The number of nitrogens with zero attached hydrogens (tertiary/aromatic N) is 1. The maximum absolute atomic E-state index is 13.3. The quantitative estimate of drug-likeness (QED) is 0.341. The zero-order valence-electron chi connectivity index (χ0n) is 16.1. The second-order valence-electron chi connectivity index (χ2n) is 8.39. The Balaban J connectivity index is 1.71. The van der Waals surface area contributed by atoms with Gasteiger partial charge in [-0.15, -0.1) is 12.3 Å². The van der Waals surface area contributed by atoms with E-state index in [9.17, 15) is 4.79 Å². The van der Waals surface area contributed by atoms with Gasteiger partial charge in [-0.3, -0.25) is 4.79 Å². The first-order chi connectivity index (χ1) is 13.0. The Morgan fingerprint density at radius 3 is 2.74 bits per heavy atom. The van der Waals surface area contributed by atoms with Crippen LogP contribution in [0.15, 0.2) is 48.7 Å². The molecule has 0 fully saturated rings. The molecule has 0 radical (unpaired) electrons. The van der Waals surface area contributed by atoms with Crippen LogP contribution in [0.3, 0.4) is 0 Å². The highest BCUT2D eigenvalue weighted by molar-refractivity contribution is 6.16. The Hall–Kier alpha value is -2.79. The van der Waals surface area contributed by atoms with Crippen molar-refractivity contribution in [1.82, 2.24) is 4.57 Å². The molecule has 27 heavy (non-hydrogen) atoms. The monoisotopic (exact) mass is 355 g/mol. The molecule has 2 heteroatoms. The van der Waals surface area contributed by atoms with Crippen LogP contribution in [0, 0.1) is 17.8 Å². The number of aryl methyl sites for hydroxylation is 1. The van der Waals surface area contributed by atoms with Gasteiger partial charge in [0.1, 0.15) is 0 Å². The number of ketones is 1. The van der Waals surface area contributed by atoms with E-state index in [1.165, 1.54) is 11.1 Å². The molecule has 0 unspecified atom stereocenters. The number of hydrogen-bond donors (Lipinski definition) is 0. The topological polar surface area (TPSA) is 22.0 Å². The third-order valence-electron chi connectivity index (χ3n) is 5.56. The summed E-state index contributed by atoms with van der Waals surface area (Å²) in [5.74, 6) is 2.80. The number of para-hydroxylation sites is 1. The van der Waals surface area contributed by atoms with E-state index >= 15 is 0 Å². The van der Waals surface area contributed by atoms with Gasteiger partial charge in [0.15, 0.2) is 5.78 Å². The van der Waals surface area contributed by atoms with Crippen molar-refractivity contribution in [3.63, 3.8) is 0 Å². The van der Waals surface area contributed by atoms with E-state index < -0.39 is 0 Å². The summed E-state index contributed by atoms with van der Waals surface area (Å²) in [7, 11) is 0. The van der Waals surface area contributed by atoms with Crippen molar-refractivity contribution >= 4 is 16.7 Å². The van der Waals surface area contributed by atoms with E-state index in [-0.39, 0.29) is 11.2 Å². The van der Waals surface area contributed by atoms with Crippen molar-refractivity contribution in [2.75, 3.05) is 0 Å². The normalized spacial score (nSPS) is 14.9. The highest BCUT2D eigenvalue weighted by atomic mass is 16.1. The molecule has 136 valence electrons. The Bertz CT molecular complexity index is 1060. The van der Waals surface area contributed by atoms with Crippen LogP contribution in [-0.2, 0) is 19.4 Å². The lowest BCUT2D eigenvalue weighted by Gasteiger charge is -2.14. The van der Waals surface area contributed by atoms with Crippen LogP contribution in [0.25, 0.3) is 10.9 Å². The number of benzene rings is 2. The molecular weight excluding hydrogens is 330 g/mol. The SMILES string of the molecule is C#CCCCn1cc(C(=O)c2ccc3c(c2)CC(C)(C)C3)c2ccccc21. The van der Waals surface area contributed by atoms with Gasteiger partial charge in [-0.25, -0.2) is 0 Å². The lowest BCUT2D eigenvalue weighted by atomic mass is 9.90. The van der Waals surface area contributed by atoms with Crippen molar-refractivity contribution in [2.45, 2.75) is 46.1 Å². The maximum atomic E-state index is 13.3. The average molecular weight is 355 g/mol. The summed E-state index contributed by atoms with van der Waals surface area (Å²) in [5.41, 5.74) is 5.66. The molecule has 0 saturated heterocycles. The number of aromatic nitrogens is 1. The zero-order chi connectivity index (χ0) is 19.0.